The number of ether oxygens (including phenoxy) is 1. The van der Waals surface area contributed by atoms with Gasteiger partial charge < -0.3 is 17.9 Å². The zero-order chi connectivity index (χ0) is 22.1. The van der Waals surface area contributed by atoms with Gasteiger partial charge in [0, 0.05) is 11.9 Å². The first kappa shape index (κ1) is 24.3. The van der Waals surface area contributed by atoms with Crippen LogP contribution in [-0.4, -0.2) is 38.0 Å². The van der Waals surface area contributed by atoms with Crippen LogP contribution in [0.15, 0.2) is 15.3 Å². The lowest BCUT2D eigenvalue weighted by Gasteiger charge is -2.25. The van der Waals surface area contributed by atoms with Crippen molar-refractivity contribution in [2.45, 2.75) is 26.4 Å². The van der Waals surface area contributed by atoms with E-state index in [4.69, 9.17) is 16.3 Å². The normalized spacial score (nSPS) is 11.2. The summed E-state index contributed by atoms with van der Waals surface area (Å²) in [5, 5.41) is 20.5. The number of aromatic amines is 1. The summed E-state index contributed by atoms with van der Waals surface area (Å²) in [5.41, 5.74) is -0.934. The summed E-state index contributed by atoms with van der Waals surface area (Å²) < 4.78 is 8.55. The Balaban J connectivity index is 2.43. The summed E-state index contributed by atoms with van der Waals surface area (Å²) in [6, 6.07) is 3.45. The van der Waals surface area contributed by atoms with E-state index in [1.165, 1.54) is 3.11 Å². The van der Waals surface area contributed by atoms with Crippen molar-refractivity contribution in [3.8, 4) is 11.8 Å². The molecular formula is C17H16BrClI2N4O4. The number of amides is 1. The van der Waals surface area contributed by atoms with Crippen LogP contribution < -0.4 is 8.67 Å². The summed E-state index contributed by atoms with van der Waals surface area (Å²) in [6.07, 6.45) is -0.496. The van der Waals surface area contributed by atoms with Crippen molar-refractivity contribution < 1.29 is 14.6 Å². The second-order valence-corrected chi connectivity index (χ2v) is 10.4. The van der Waals surface area contributed by atoms with Crippen LogP contribution in [0.25, 0.3) is 10.9 Å². The van der Waals surface area contributed by atoms with Crippen LogP contribution in [-0.2, 0) is 4.74 Å². The first-order chi connectivity index (χ1) is 13.4. The molecule has 0 aliphatic rings. The van der Waals surface area contributed by atoms with Crippen LogP contribution in [0.5, 0.6) is 5.75 Å². The van der Waals surface area contributed by atoms with E-state index in [1.54, 1.807) is 30.0 Å². The quantitative estimate of drug-likeness (QED) is 0.331. The average Bonchev–Trinajstić information content (AvgIpc) is 2.62. The molecule has 0 radical (unpaired) electrons. The predicted octanol–water partition coefficient (Wildman–Crippen LogP) is 5.26. The van der Waals surface area contributed by atoms with Gasteiger partial charge in [0.05, 0.1) is 73.0 Å². The van der Waals surface area contributed by atoms with Gasteiger partial charge in [-0.2, -0.15) is 5.26 Å². The van der Waals surface area contributed by atoms with Crippen molar-refractivity contribution in [3.63, 3.8) is 0 Å². The van der Waals surface area contributed by atoms with Gasteiger partial charge in [0.25, 0.3) is 5.56 Å². The molecule has 2 N–H and O–H groups in total. The number of nitrogens with one attached hydrogen (secondary N) is 1. The Morgan fingerprint density at radius 3 is 2.59 bits per heavy atom. The number of carbonyl (C=O) groups is 1. The molecule has 2 rings (SSSR count). The number of phenolic OH excluding ortho intramolecular Hbond substituents is 1. The molecule has 1 aromatic heterocycles. The number of rotatable bonds is 4. The number of pyridine rings is 1. The van der Waals surface area contributed by atoms with Gasteiger partial charge in [-0.05, 0) is 42.8 Å². The molecule has 0 atom stereocenters. The Kier molecular flexibility index (Phi) is 7.91. The van der Waals surface area contributed by atoms with Gasteiger partial charge in [-0.25, -0.2) is 7.91 Å². The van der Waals surface area contributed by atoms with Crippen molar-refractivity contribution in [2.24, 2.45) is 0 Å². The molecule has 0 spiro atoms. The first-order valence-electron chi connectivity index (χ1n) is 8.14. The average molecular weight is 710 g/mol. The van der Waals surface area contributed by atoms with Crippen molar-refractivity contribution in [1.29, 1.82) is 5.26 Å². The number of nitriles is 1. The predicted molar refractivity (Wildman–Crippen MR) is 132 cm³/mol. The minimum absolute atomic E-state index is 0.123. The lowest BCUT2D eigenvalue weighted by atomic mass is 10.1. The van der Waals surface area contributed by atoms with Gasteiger partial charge in [-0.15, -0.1) is 0 Å². The number of hydrogen-bond donors (Lipinski definition) is 2. The molecule has 0 aliphatic heterocycles. The Morgan fingerprint density at radius 1 is 1.41 bits per heavy atom. The zero-order valence-corrected chi connectivity index (χ0v) is 22.2. The van der Waals surface area contributed by atoms with Gasteiger partial charge in [0.15, 0.2) is 5.75 Å². The molecule has 8 nitrogen and oxygen atoms in total. The number of H-pyrrole nitrogens is 1. The Morgan fingerprint density at radius 2 is 2.03 bits per heavy atom. The van der Waals surface area contributed by atoms with Crippen molar-refractivity contribution in [2.75, 3.05) is 16.2 Å². The smallest absolute Gasteiger partial charge is 0.419 e. The number of benzene rings is 1. The van der Waals surface area contributed by atoms with Crippen LogP contribution in [0, 0.1) is 11.3 Å². The zero-order valence-electron chi connectivity index (χ0n) is 15.5. The van der Waals surface area contributed by atoms with Gasteiger partial charge >= 0.3 is 6.09 Å². The van der Waals surface area contributed by atoms with E-state index in [0.717, 1.165) is 0 Å². The van der Waals surface area contributed by atoms with Crippen LogP contribution >= 0.6 is 73.3 Å². The largest absolute Gasteiger partial charge is 0.505 e. The molecule has 0 aliphatic carbocycles. The Hall–Kier alpha value is -0.980. The fourth-order valence-electron chi connectivity index (χ4n) is 2.39. The molecule has 0 saturated heterocycles. The fraction of sp³-hybridized carbons (Fsp3) is 0.353. The Labute approximate surface area is 208 Å². The lowest BCUT2D eigenvalue weighted by Crippen LogP contribution is -2.34. The van der Waals surface area contributed by atoms with E-state index in [1.807, 2.05) is 51.8 Å². The summed E-state index contributed by atoms with van der Waals surface area (Å²) in [5.74, 6) is -0.232. The summed E-state index contributed by atoms with van der Waals surface area (Å²) >= 11 is 13.1. The first-order valence-corrected chi connectivity index (χ1v) is 11.2. The SMILES string of the molecule is CC(C)(C)OC(=O)N(I)CCN(I)c1c(C#N)c(=O)[nH]c2c(O)c(Br)c(Cl)cc12. The molecule has 1 heterocycles. The van der Waals surface area contributed by atoms with E-state index in [9.17, 15) is 20.0 Å². The molecule has 2 aromatic rings. The fourth-order valence-corrected chi connectivity index (χ4v) is 3.93. The molecule has 0 fully saturated rings. The number of aromatic hydroxyl groups is 1. The molecule has 0 saturated carbocycles. The third-order valence-corrected chi connectivity index (χ3v) is 6.76. The molecule has 0 unspecified atom stereocenters. The number of nitrogens with zero attached hydrogens (tertiary/aromatic N) is 3. The number of fused-ring (bicyclic) bond motifs is 1. The van der Waals surface area contributed by atoms with E-state index >= 15 is 0 Å². The van der Waals surface area contributed by atoms with Gasteiger partial charge in [-0.1, -0.05) is 11.6 Å². The number of anilines is 1. The van der Waals surface area contributed by atoms with Gasteiger partial charge in [0.1, 0.15) is 17.2 Å². The van der Waals surface area contributed by atoms with Gasteiger partial charge in [-0.3, -0.25) is 4.79 Å². The maximum Gasteiger partial charge on any atom is 0.419 e. The van der Waals surface area contributed by atoms with E-state index < -0.39 is 17.3 Å². The van der Waals surface area contributed by atoms with E-state index in [-0.39, 0.29) is 39.4 Å². The van der Waals surface area contributed by atoms with Crippen LogP contribution in [0.1, 0.15) is 26.3 Å². The molecule has 1 amide bonds. The minimum atomic E-state index is -0.639. The molecule has 156 valence electrons. The van der Waals surface area contributed by atoms with Crippen LogP contribution in [0.3, 0.4) is 0 Å². The number of carbonyl (C=O) groups excluding carboxylic acids is 1. The summed E-state index contributed by atoms with van der Waals surface area (Å²) in [4.78, 5) is 27.0. The topological polar surface area (TPSA) is 110 Å². The number of halogens is 4. The van der Waals surface area contributed by atoms with Crippen LogP contribution in [0.2, 0.25) is 5.02 Å². The van der Waals surface area contributed by atoms with Crippen LogP contribution in [0.4, 0.5) is 10.5 Å². The van der Waals surface area contributed by atoms with Crippen molar-refractivity contribution in [3.05, 3.63) is 31.5 Å². The maximum atomic E-state index is 12.4. The highest BCUT2D eigenvalue weighted by molar-refractivity contribution is 14.1. The number of hydrogen-bond acceptors (Lipinski definition) is 6. The minimum Gasteiger partial charge on any atom is -0.505 e. The van der Waals surface area contributed by atoms with E-state index in [2.05, 4.69) is 20.9 Å². The molecule has 12 heteroatoms. The lowest BCUT2D eigenvalue weighted by molar-refractivity contribution is 0.0432. The molecule has 1 aromatic carbocycles. The molecule has 29 heavy (non-hydrogen) atoms. The van der Waals surface area contributed by atoms with E-state index in [0.29, 0.717) is 11.1 Å². The highest BCUT2D eigenvalue weighted by atomic mass is 127. The highest BCUT2D eigenvalue weighted by Gasteiger charge is 2.24. The molecular weight excluding hydrogens is 693 g/mol. The summed E-state index contributed by atoms with van der Waals surface area (Å²) in [6.45, 7) is 5.86. The second-order valence-electron chi connectivity index (χ2n) is 6.88. The maximum absolute atomic E-state index is 12.4. The monoisotopic (exact) mass is 708 g/mol. The molecule has 0 bridgehead atoms. The third kappa shape index (κ3) is 5.59. The number of aromatic nitrogens is 1. The highest BCUT2D eigenvalue weighted by Crippen LogP contribution is 2.41. The Bertz CT molecular complexity index is 1060. The van der Waals surface area contributed by atoms with Gasteiger partial charge in [0.2, 0.25) is 0 Å². The second kappa shape index (κ2) is 9.44. The van der Waals surface area contributed by atoms with Crippen molar-refractivity contribution >= 4 is 95.9 Å². The third-order valence-electron chi connectivity index (χ3n) is 3.59. The van der Waals surface area contributed by atoms with Crippen molar-refractivity contribution in [1.82, 2.24) is 8.10 Å². The summed E-state index contributed by atoms with van der Waals surface area (Å²) in [7, 11) is 0. The number of phenols is 1. The standard InChI is InChI=1S/C17H16BrClI2N4O4/c1-17(2,3)29-16(28)25(21)5-4-24(20)13-8-6-10(19)11(18)14(26)12(8)23-15(27)9(13)7-22/h6,26H,4-5H2,1-3H3,(H,23,27).